The van der Waals surface area contributed by atoms with E-state index in [9.17, 15) is 14.4 Å². The Morgan fingerprint density at radius 2 is 2.08 bits per heavy atom. The second-order valence-electron chi connectivity index (χ2n) is 7.47. The zero-order chi connectivity index (χ0) is 18.3. The second-order valence-corrected chi connectivity index (χ2v) is 7.47. The zero-order valence-electron chi connectivity index (χ0n) is 14.7. The first-order valence-corrected chi connectivity index (χ1v) is 9.24. The van der Waals surface area contributed by atoms with Crippen molar-refractivity contribution >= 4 is 17.7 Å². The molecule has 2 heterocycles. The minimum Gasteiger partial charge on any atom is -0.330 e. The minimum absolute atomic E-state index is 0.113. The molecular formula is C19H24N4O3. The Labute approximate surface area is 152 Å². The molecule has 1 aromatic rings. The van der Waals surface area contributed by atoms with Gasteiger partial charge in [0.25, 0.3) is 5.91 Å². The Bertz CT molecular complexity index is 763. The lowest BCUT2D eigenvalue weighted by molar-refractivity contribution is -0.136. The molecular weight excluding hydrogens is 332 g/mol. The highest BCUT2D eigenvalue weighted by molar-refractivity contribution is 6.05. The van der Waals surface area contributed by atoms with E-state index in [0.717, 1.165) is 24.2 Å². The summed E-state index contributed by atoms with van der Waals surface area (Å²) in [6.45, 7) is 2.71. The van der Waals surface area contributed by atoms with Gasteiger partial charge in [-0.15, -0.1) is 0 Å². The lowest BCUT2D eigenvalue weighted by Crippen LogP contribution is -2.52. The molecule has 2 fully saturated rings. The van der Waals surface area contributed by atoms with Crippen LogP contribution in [0.4, 0.5) is 0 Å². The number of benzene rings is 1. The maximum absolute atomic E-state index is 13.0. The van der Waals surface area contributed by atoms with Crippen LogP contribution in [0.2, 0.25) is 0 Å². The van der Waals surface area contributed by atoms with E-state index in [4.69, 9.17) is 5.73 Å². The van der Waals surface area contributed by atoms with Crippen LogP contribution < -0.4 is 16.4 Å². The predicted molar refractivity (Wildman–Crippen MR) is 94.8 cm³/mol. The standard InChI is InChI=1S/C19H24N4O3/c20-7-13-6-14(13)9-21-8-11-2-1-3-12-10-23(19(26)17(11)12)15-4-5-16(24)22-18(15)25/h1-3,13-15,21H,4-10,20H2,(H,22,24,25). The van der Waals surface area contributed by atoms with E-state index in [-0.39, 0.29) is 24.1 Å². The summed E-state index contributed by atoms with van der Waals surface area (Å²) >= 11 is 0. The molecule has 3 atom stereocenters. The smallest absolute Gasteiger partial charge is 0.255 e. The first-order valence-electron chi connectivity index (χ1n) is 9.24. The largest absolute Gasteiger partial charge is 0.330 e. The van der Waals surface area contributed by atoms with E-state index < -0.39 is 6.04 Å². The lowest BCUT2D eigenvalue weighted by atomic mass is 10.0. The van der Waals surface area contributed by atoms with E-state index in [0.29, 0.717) is 36.9 Å². The number of fused-ring (bicyclic) bond motifs is 1. The molecule has 7 nitrogen and oxygen atoms in total. The molecule has 0 aromatic heterocycles. The van der Waals surface area contributed by atoms with Gasteiger partial charge in [-0.1, -0.05) is 18.2 Å². The molecule has 7 heteroatoms. The maximum Gasteiger partial charge on any atom is 0.255 e. The maximum atomic E-state index is 13.0. The fraction of sp³-hybridized carbons (Fsp3) is 0.526. The van der Waals surface area contributed by atoms with Crippen molar-refractivity contribution < 1.29 is 14.4 Å². The Balaban J connectivity index is 1.44. The number of carbonyl (C=O) groups excluding carboxylic acids is 3. The highest BCUT2D eigenvalue weighted by Crippen LogP contribution is 2.36. The molecule has 0 bridgehead atoms. The number of amides is 3. The van der Waals surface area contributed by atoms with Crippen molar-refractivity contribution in [1.82, 2.24) is 15.5 Å². The molecule has 26 heavy (non-hydrogen) atoms. The van der Waals surface area contributed by atoms with Crippen LogP contribution in [-0.4, -0.2) is 41.8 Å². The topological polar surface area (TPSA) is 105 Å². The van der Waals surface area contributed by atoms with E-state index in [1.165, 1.54) is 6.42 Å². The Morgan fingerprint density at radius 1 is 1.23 bits per heavy atom. The number of hydrogen-bond acceptors (Lipinski definition) is 5. The number of piperidine rings is 1. The quantitative estimate of drug-likeness (QED) is 0.629. The van der Waals surface area contributed by atoms with E-state index in [1.807, 2.05) is 18.2 Å². The fourth-order valence-corrected chi connectivity index (χ4v) is 4.08. The van der Waals surface area contributed by atoms with Crippen molar-refractivity contribution in [2.45, 2.75) is 38.4 Å². The van der Waals surface area contributed by atoms with E-state index in [2.05, 4.69) is 10.6 Å². The van der Waals surface area contributed by atoms with Crippen molar-refractivity contribution in [1.29, 1.82) is 0 Å². The number of nitrogens with one attached hydrogen (secondary N) is 2. The number of nitrogens with two attached hydrogens (primary N) is 1. The van der Waals surface area contributed by atoms with Gasteiger partial charge in [0.05, 0.1) is 0 Å². The van der Waals surface area contributed by atoms with Gasteiger partial charge in [-0.2, -0.15) is 0 Å². The van der Waals surface area contributed by atoms with Gasteiger partial charge in [0.1, 0.15) is 6.04 Å². The molecule has 3 aliphatic rings. The summed E-state index contributed by atoms with van der Waals surface area (Å²) in [4.78, 5) is 38.1. The third-order valence-corrected chi connectivity index (χ3v) is 5.73. The molecule has 4 N–H and O–H groups in total. The van der Waals surface area contributed by atoms with Crippen molar-refractivity contribution in [2.24, 2.45) is 17.6 Å². The third-order valence-electron chi connectivity index (χ3n) is 5.73. The van der Waals surface area contributed by atoms with Gasteiger partial charge in [-0.3, -0.25) is 19.7 Å². The molecule has 138 valence electrons. The van der Waals surface area contributed by atoms with Crippen molar-refractivity contribution in [3.63, 3.8) is 0 Å². The molecule has 3 unspecified atom stereocenters. The van der Waals surface area contributed by atoms with Crippen molar-refractivity contribution in [3.05, 3.63) is 34.9 Å². The van der Waals surface area contributed by atoms with Crippen LogP contribution in [0.5, 0.6) is 0 Å². The minimum atomic E-state index is -0.565. The van der Waals surface area contributed by atoms with Gasteiger partial charge < -0.3 is 16.0 Å². The normalized spacial score (nSPS) is 27.5. The molecule has 4 rings (SSSR count). The number of hydrogen-bond donors (Lipinski definition) is 3. The number of nitrogens with zero attached hydrogens (tertiary/aromatic N) is 1. The third kappa shape index (κ3) is 3.12. The van der Waals surface area contributed by atoms with E-state index >= 15 is 0 Å². The SMILES string of the molecule is NCC1CC1CNCc1cccc2c1C(=O)N(C1CCC(=O)NC1=O)C2. The summed E-state index contributed by atoms with van der Waals surface area (Å²) in [5.74, 6) is 0.527. The average molecular weight is 356 g/mol. The van der Waals surface area contributed by atoms with Gasteiger partial charge >= 0.3 is 0 Å². The molecule has 1 saturated heterocycles. The van der Waals surface area contributed by atoms with Crippen LogP contribution in [0.15, 0.2) is 18.2 Å². The van der Waals surface area contributed by atoms with E-state index in [1.54, 1.807) is 4.90 Å². The number of imide groups is 1. The van der Waals surface area contributed by atoms with Crippen LogP contribution in [0, 0.1) is 11.8 Å². The van der Waals surface area contributed by atoms with Gasteiger partial charge in [0.15, 0.2) is 0 Å². The monoisotopic (exact) mass is 356 g/mol. The van der Waals surface area contributed by atoms with Gasteiger partial charge in [0.2, 0.25) is 11.8 Å². The second kappa shape index (κ2) is 6.81. The van der Waals surface area contributed by atoms with Gasteiger partial charge in [0, 0.05) is 25.1 Å². The van der Waals surface area contributed by atoms with Crippen LogP contribution in [0.1, 0.15) is 40.7 Å². The Morgan fingerprint density at radius 3 is 2.81 bits per heavy atom. The highest BCUT2D eigenvalue weighted by Gasteiger charge is 2.40. The summed E-state index contributed by atoms with van der Waals surface area (Å²) in [6, 6.07) is 5.29. The first-order chi connectivity index (χ1) is 12.6. The molecule has 3 amide bonds. The average Bonchev–Trinajstić information content (AvgIpc) is 3.30. The number of carbonyl (C=O) groups is 3. The van der Waals surface area contributed by atoms with Crippen LogP contribution in [0.3, 0.4) is 0 Å². The number of rotatable bonds is 6. The van der Waals surface area contributed by atoms with Crippen LogP contribution in [-0.2, 0) is 22.7 Å². The summed E-state index contributed by atoms with van der Waals surface area (Å²) in [7, 11) is 0. The van der Waals surface area contributed by atoms with Crippen molar-refractivity contribution in [3.8, 4) is 0 Å². The van der Waals surface area contributed by atoms with Crippen LogP contribution >= 0.6 is 0 Å². The first kappa shape index (κ1) is 17.2. The van der Waals surface area contributed by atoms with Crippen LogP contribution in [0.25, 0.3) is 0 Å². The molecule has 1 saturated carbocycles. The van der Waals surface area contributed by atoms with Gasteiger partial charge in [-0.25, -0.2) is 0 Å². The Kier molecular flexibility index (Phi) is 4.50. The summed E-state index contributed by atoms with van der Waals surface area (Å²) in [5, 5.41) is 5.77. The molecule has 2 aliphatic heterocycles. The summed E-state index contributed by atoms with van der Waals surface area (Å²) in [6.07, 6.45) is 1.84. The zero-order valence-corrected chi connectivity index (χ0v) is 14.7. The van der Waals surface area contributed by atoms with Gasteiger partial charge in [-0.05, 0) is 48.9 Å². The van der Waals surface area contributed by atoms with Crippen molar-refractivity contribution in [2.75, 3.05) is 13.1 Å². The molecule has 0 radical (unpaired) electrons. The molecule has 1 aromatic carbocycles. The fourth-order valence-electron chi connectivity index (χ4n) is 4.08. The molecule has 0 spiro atoms. The summed E-state index contributed by atoms with van der Waals surface area (Å²) in [5.41, 5.74) is 8.29. The molecule has 1 aliphatic carbocycles. The summed E-state index contributed by atoms with van der Waals surface area (Å²) < 4.78 is 0. The Hall–Kier alpha value is -2.25. The highest BCUT2D eigenvalue weighted by atomic mass is 16.2. The predicted octanol–water partition coefficient (Wildman–Crippen LogP) is 0.132. The lowest BCUT2D eigenvalue weighted by Gasteiger charge is -2.29.